The number of hydrazine groups is 1. The molecule has 0 aromatic rings. The van der Waals surface area contributed by atoms with E-state index in [1.807, 2.05) is 5.43 Å². The van der Waals surface area contributed by atoms with Gasteiger partial charge in [-0.2, -0.15) is 0 Å². The molecule has 1 aliphatic carbocycles. The molecule has 1 saturated carbocycles. The summed E-state index contributed by atoms with van der Waals surface area (Å²) < 4.78 is 4.44. The minimum Gasteiger partial charge on any atom is -0.469 e. The van der Waals surface area contributed by atoms with Crippen molar-refractivity contribution < 1.29 is 14.3 Å². The van der Waals surface area contributed by atoms with Gasteiger partial charge in [0.05, 0.1) is 18.9 Å². The molecule has 1 fully saturated rings. The summed E-state index contributed by atoms with van der Waals surface area (Å²) in [5.74, 6) is 3.69. The highest BCUT2D eigenvalue weighted by Gasteiger charge is 2.48. The number of nitrogens with one attached hydrogen (secondary N) is 1. The van der Waals surface area contributed by atoms with Crippen molar-refractivity contribution in [3.05, 3.63) is 0 Å². The zero-order valence-electron chi connectivity index (χ0n) is 6.57. The van der Waals surface area contributed by atoms with E-state index in [0.29, 0.717) is 6.42 Å². The Labute approximate surface area is 76.0 Å². The molecule has 6 heteroatoms. The van der Waals surface area contributed by atoms with Gasteiger partial charge in [-0.25, -0.2) is 5.84 Å². The zero-order chi connectivity index (χ0) is 8.43. The quantitative estimate of drug-likeness (QED) is 0.261. The van der Waals surface area contributed by atoms with Crippen LogP contribution in [0.2, 0.25) is 0 Å². The normalized spacial score (nSPS) is 25.2. The summed E-state index contributed by atoms with van der Waals surface area (Å²) in [4.78, 5) is 21.5. The van der Waals surface area contributed by atoms with Crippen LogP contribution in [0.1, 0.15) is 6.42 Å². The SMILES string of the molecule is COC(=O)C1CC1C(=O)NN.Cl. The van der Waals surface area contributed by atoms with E-state index in [4.69, 9.17) is 5.84 Å². The molecular formula is C6H11ClN2O3. The first-order chi connectivity index (χ1) is 5.20. The maximum atomic E-state index is 10.8. The van der Waals surface area contributed by atoms with Crippen molar-refractivity contribution in [1.82, 2.24) is 5.43 Å². The number of ether oxygens (including phenoxy) is 1. The number of amides is 1. The van der Waals surface area contributed by atoms with E-state index < -0.39 is 0 Å². The molecule has 70 valence electrons. The number of esters is 1. The molecule has 1 rings (SSSR count). The van der Waals surface area contributed by atoms with E-state index in [9.17, 15) is 9.59 Å². The number of carbonyl (C=O) groups excluding carboxylic acids is 2. The van der Waals surface area contributed by atoms with E-state index in [1.54, 1.807) is 0 Å². The first kappa shape index (κ1) is 11.2. The van der Waals surface area contributed by atoms with Gasteiger partial charge in [-0.3, -0.25) is 15.0 Å². The maximum absolute atomic E-state index is 10.8. The van der Waals surface area contributed by atoms with Crippen LogP contribution in [0.15, 0.2) is 0 Å². The molecule has 12 heavy (non-hydrogen) atoms. The van der Waals surface area contributed by atoms with Crippen molar-refractivity contribution in [2.75, 3.05) is 7.11 Å². The molecule has 0 heterocycles. The van der Waals surface area contributed by atoms with Crippen molar-refractivity contribution >= 4 is 24.3 Å². The monoisotopic (exact) mass is 194 g/mol. The van der Waals surface area contributed by atoms with Crippen LogP contribution >= 0.6 is 12.4 Å². The predicted molar refractivity (Wildman–Crippen MR) is 43.2 cm³/mol. The summed E-state index contributed by atoms with van der Waals surface area (Å²) in [7, 11) is 1.30. The Morgan fingerprint density at radius 3 is 2.50 bits per heavy atom. The summed E-state index contributed by atoms with van der Waals surface area (Å²) in [6.45, 7) is 0. The second-order valence-corrected chi connectivity index (χ2v) is 2.48. The van der Waals surface area contributed by atoms with Crippen molar-refractivity contribution in [2.45, 2.75) is 6.42 Å². The van der Waals surface area contributed by atoms with Gasteiger partial charge in [0.1, 0.15) is 0 Å². The average molecular weight is 195 g/mol. The van der Waals surface area contributed by atoms with E-state index in [-0.39, 0.29) is 36.1 Å². The zero-order valence-corrected chi connectivity index (χ0v) is 7.39. The Kier molecular flexibility index (Phi) is 3.99. The molecule has 0 aromatic carbocycles. The molecule has 1 aliphatic rings. The Morgan fingerprint density at radius 2 is 2.08 bits per heavy atom. The Hall–Kier alpha value is -0.810. The number of rotatable bonds is 2. The fourth-order valence-electron chi connectivity index (χ4n) is 1.00. The topological polar surface area (TPSA) is 81.4 Å². The van der Waals surface area contributed by atoms with Crippen LogP contribution in [-0.2, 0) is 14.3 Å². The fraction of sp³-hybridized carbons (Fsp3) is 0.667. The van der Waals surface area contributed by atoms with Crippen molar-refractivity contribution in [2.24, 2.45) is 17.7 Å². The van der Waals surface area contributed by atoms with E-state index in [1.165, 1.54) is 7.11 Å². The first-order valence-electron chi connectivity index (χ1n) is 3.29. The highest BCUT2D eigenvalue weighted by Crippen LogP contribution is 2.39. The second kappa shape index (κ2) is 4.27. The summed E-state index contributed by atoms with van der Waals surface area (Å²) in [5, 5.41) is 0. The summed E-state index contributed by atoms with van der Waals surface area (Å²) in [5.41, 5.74) is 1.99. The van der Waals surface area contributed by atoms with E-state index in [0.717, 1.165) is 0 Å². The van der Waals surface area contributed by atoms with Gasteiger partial charge in [0.15, 0.2) is 0 Å². The number of hydrogen-bond acceptors (Lipinski definition) is 4. The third-order valence-electron chi connectivity index (χ3n) is 1.77. The van der Waals surface area contributed by atoms with Crippen LogP contribution in [-0.4, -0.2) is 19.0 Å². The number of hydrogen-bond donors (Lipinski definition) is 2. The number of nitrogens with two attached hydrogens (primary N) is 1. The molecule has 0 radical (unpaired) electrons. The number of halogens is 1. The maximum Gasteiger partial charge on any atom is 0.309 e. The van der Waals surface area contributed by atoms with Crippen LogP contribution in [0, 0.1) is 11.8 Å². The lowest BCUT2D eigenvalue weighted by atomic mass is 10.3. The fourth-order valence-corrected chi connectivity index (χ4v) is 1.00. The second-order valence-electron chi connectivity index (χ2n) is 2.48. The first-order valence-corrected chi connectivity index (χ1v) is 3.29. The lowest BCUT2D eigenvalue weighted by Gasteiger charge is -1.96. The Balaban J connectivity index is 0.00000121. The van der Waals surface area contributed by atoms with Crippen LogP contribution in [0.25, 0.3) is 0 Å². The molecule has 2 atom stereocenters. The largest absolute Gasteiger partial charge is 0.469 e. The Morgan fingerprint density at radius 1 is 1.50 bits per heavy atom. The van der Waals surface area contributed by atoms with Gasteiger partial charge < -0.3 is 4.74 Å². The third kappa shape index (κ3) is 2.09. The van der Waals surface area contributed by atoms with Crippen molar-refractivity contribution in [3.8, 4) is 0 Å². The molecule has 0 spiro atoms. The molecule has 0 aliphatic heterocycles. The van der Waals surface area contributed by atoms with E-state index >= 15 is 0 Å². The van der Waals surface area contributed by atoms with Crippen molar-refractivity contribution in [3.63, 3.8) is 0 Å². The summed E-state index contributed by atoms with van der Waals surface area (Å²) in [6, 6.07) is 0. The van der Waals surface area contributed by atoms with Gasteiger partial charge >= 0.3 is 5.97 Å². The summed E-state index contributed by atoms with van der Waals surface area (Å²) >= 11 is 0. The third-order valence-corrected chi connectivity index (χ3v) is 1.77. The van der Waals surface area contributed by atoms with Gasteiger partial charge in [0, 0.05) is 0 Å². The molecule has 3 N–H and O–H groups in total. The van der Waals surface area contributed by atoms with Crippen LogP contribution < -0.4 is 11.3 Å². The molecule has 0 bridgehead atoms. The predicted octanol–water partition coefficient (Wildman–Crippen LogP) is -0.793. The number of carbonyl (C=O) groups is 2. The van der Waals surface area contributed by atoms with Crippen LogP contribution in [0.3, 0.4) is 0 Å². The minimum absolute atomic E-state index is 0. The van der Waals surface area contributed by atoms with Gasteiger partial charge in [0.25, 0.3) is 0 Å². The molecule has 0 aromatic heterocycles. The average Bonchev–Trinajstić information content (AvgIpc) is 2.80. The standard InChI is InChI=1S/C6H10N2O3.ClH/c1-11-6(10)4-2-3(4)5(9)8-7;/h3-4H,2,7H2,1H3,(H,8,9);1H. The van der Waals surface area contributed by atoms with Gasteiger partial charge in [-0.1, -0.05) is 0 Å². The number of methoxy groups -OCH3 is 1. The minimum atomic E-state index is -0.335. The molecule has 0 saturated heterocycles. The smallest absolute Gasteiger partial charge is 0.309 e. The Bertz CT molecular complexity index is 177. The van der Waals surface area contributed by atoms with Crippen LogP contribution in [0.5, 0.6) is 0 Å². The molecule has 1 amide bonds. The van der Waals surface area contributed by atoms with Gasteiger partial charge in [0.2, 0.25) is 5.91 Å². The highest BCUT2D eigenvalue weighted by molar-refractivity contribution is 5.89. The molecule has 5 nitrogen and oxygen atoms in total. The molecular weight excluding hydrogens is 184 g/mol. The highest BCUT2D eigenvalue weighted by atomic mass is 35.5. The van der Waals surface area contributed by atoms with Crippen LogP contribution in [0.4, 0.5) is 0 Å². The van der Waals surface area contributed by atoms with Gasteiger partial charge in [-0.15, -0.1) is 12.4 Å². The molecule has 2 unspecified atom stereocenters. The lowest BCUT2D eigenvalue weighted by Crippen LogP contribution is -2.32. The van der Waals surface area contributed by atoms with Crippen molar-refractivity contribution in [1.29, 1.82) is 0 Å². The summed E-state index contributed by atoms with van der Waals surface area (Å²) in [6.07, 6.45) is 0.551. The van der Waals surface area contributed by atoms with E-state index in [2.05, 4.69) is 4.74 Å². The van der Waals surface area contributed by atoms with Gasteiger partial charge in [-0.05, 0) is 6.42 Å². The lowest BCUT2D eigenvalue weighted by molar-refractivity contribution is -0.143.